The van der Waals surface area contributed by atoms with E-state index in [0.717, 1.165) is 16.8 Å². The highest BCUT2D eigenvalue weighted by Crippen LogP contribution is 2.50. The fourth-order valence-corrected chi connectivity index (χ4v) is 5.79. The predicted molar refractivity (Wildman–Crippen MR) is 142 cm³/mol. The van der Waals surface area contributed by atoms with Crippen LogP contribution in [0.4, 0.5) is 5.13 Å². The first-order valence-corrected chi connectivity index (χ1v) is 12.8. The highest BCUT2D eigenvalue weighted by Gasteiger charge is 2.45. The van der Waals surface area contributed by atoms with Crippen molar-refractivity contribution >= 4 is 34.5 Å². The molecule has 0 amide bonds. The molecule has 182 valence electrons. The number of ether oxygens (including phenoxy) is 1. The zero-order chi connectivity index (χ0) is 25.4. The molecule has 2 aliphatic rings. The van der Waals surface area contributed by atoms with Crippen molar-refractivity contribution in [3.8, 4) is 11.8 Å². The number of rotatable bonds is 5. The Morgan fingerprint density at radius 1 is 1.22 bits per heavy atom. The molecule has 0 bridgehead atoms. The van der Waals surface area contributed by atoms with Crippen LogP contribution in [0.1, 0.15) is 43.7 Å². The molecule has 36 heavy (non-hydrogen) atoms. The van der Waals surface area contributed by atoms with Gasteiger partial charge in [0.2, 0.25) is 5.13 Å². The molecule has 0 saturated carbocycles. The molecule has 2 heterocycles. The second-order valence-corrected chi connectivity index (χ2v) is 11.4. The molecule has 3 aromatic rings. The summed E-state index contributed by atoms with van der Waals surface area (Å²) >= 11 is 6.49. The van der Waals surface area contributed by atoms with Gasteiger partial charge in [-0.25, -0.2) is 0 Å². The third-order valence-corrected chi connectivity index (χ3v) is 7.54. The van der Waals surface area contributed by atoms with Gasteiger partial charge in [-0.3, -0.25) is 14.8 Å². The van der Waals surface area contributed by atoms with Crippen LogP contribution in [0.5, 0.6) is 5.75 Å². The van der Waals surface area contributed by atoms with E-state index in [1.54, 1.807) is 4.90 Å². The zero-order valence-corrected chi connectivity index (χ0v) is 21.6. The highest BCUT2D eigenvalue weighted by atomic mass is 32.1. The average Bonchev–Trinajstić information content (AvgIpc) is 3.28. The lowest BCUT2D eigenvalue weighted by Crippen LogP contribution is -2.42. The van der Waals surface area contributed by atoms with Gasteiger partial charge in [-0.05, 0) is 47.3 Å². The fraction of sp³-hybridized carbons (Fsp3) is 0.259. The third-order valence-electron chi connectivity index (χ3n) is 6.46. The summed E-state index contributed by atoms with van der Waals surface area (Å²) < 4.78 is 6.43. The number of hydrogen-bond donors (Lipinski definition) is 2. The first-order valence-electron chi connectivity index (χ1n) is 11.6. The number of carbonyl (C=O) groups is 1. The number of aromatic amines is 1. The first-order chi connectivity index (χ1) is 17.3. The van der Waals surface area contributed by atoms with Crippen LogP contribution in [0.25, 0.3) is 0 Å². The molecular weight excluding hydrogens is 490 g/mol. The first kappa shape index (κ1) is 24.0. The maximum Gasteiger partial charge on any atom is 0.216 e. The van der Waals surface area contributed by atoms with E-state index in [1.807, 2.05) is 54.6 Å². The van der Waals surface area contributed by atoms with E-state index in [2.05, 4.69) is 30.1 Å². The van der Waals surface area contributed by atoms with Gasteiger partial charge in [0.1, 0.15) is 18.2 Å². The molecule has 2 aromatic carbocycles. The van der Waals surface area contributed by atoms with Crippen molar-refractivity contribution in [3.05, 3.63) is 92.3 Å². The van der Waals surface area contributed by atoms with E-state index in [9.17, 15) is 10.1 Å². The molecule has 0 fully saturated rings. The molecular formula is C27H25N5O2S2. The smallest absolute Gasteiger partial charge is 0.216 e. The minimum Gasteiger partial charge on any atom is -0.489 e. The summed E-state index contributed by atoms with van der Waals surface area (Å²) in [5, 5.41) is 17.8. The molecule has 0 radical (unpaired) electrons. The lowest BCUT2D eigenvalue weighted by molar-refractivity contribution is -0.118. The third kappa shape index (κ3) is 4.45. The number of allylic oxidation sites excluding steroid dienone is 3. The monoisotopic (exact) mass is 515 g/mol. The molecule has 5 rings (SSSR count). The van der Waals surface area contributed by atoms with Gasteiger partial charge in [0.15, 0.2) is 9.74 Å². The zero-order valence-electron chi connectivity index (χ0n) is 19.9. The van der Waals surface area contributed by atoms with Gasteiger partial charge >= 0.3 is 0 Å². The maximum atomic E-state index is 13.6. The number of benzene rings is 2. The van der Waals surface area contributed by atoms with Crippen molar-refractivity contribution in [2.45, 2.75) is 39.2 Å². The van der Waals surface area contributed by atoms with Crippen molar-refractivity contribution in [1.29, 1.82) is 5.26 Å². The SMILES string of the molecule is CC1(C)CC(=O)C2=C(C1)N(c1n[nH]c(=S)s1)C(N)=C(C#N)C2c1ccc(OCc2ccccc2)cc1. The predicted octanol–water partition coefficient (Wildman–Crippen LogP) is 5.72. The summed E-state index contributed by atoms with van der Waals surface area (Å²) in [5.41, 5.74) is 9.95. The van der Waals surface area contributed by atoms with Crippen LogP contribution in [0.2, 0.25) is 0 Å². The van der Waals surface area contributed by atoms with Crippen LogP contribution in [0, 0.1) is 20.7 Å². The average molecular weight is 516 g/mol. The van der Waals surface area contributed by atoms with Gasteiger partial charge in [-0.15, -0.1) is 5.10 Å². The summed E-state index contributed by atoms with van der Waals surface area (Å²) in [5.74, 6) is 0.436. The summed E-state index contributed by atoms with van der Waals surface area (Å²) in [6.45, 7) is 4.58. The Bertz CT molecular complexity index is 1480. The Labute approximate surface area is 218 Å². The maximum absolute atomic E-state index is 13.6. The molecule has 1 aliphatic carbocycles. The van der Waals surface area contributed by atoms with Crippen molar-refractivity contribution in [1.82, 2.24) is 10.2 Å². The van der Waals surface area contributed by atoms with Crippen molar-refractivity contribution < 1.29 is 9.53 Å². The molecule has 0 spiro atoms. The summed E-state index contributed by atoms with van der Waals surface area (Å²) in [6.07, 6.45) is 1.01. The lowest BCUT2D eigenvalue weighted by Gasteiger charge is -2.42. The number of hydrogen-bond acceptors (Lipinski definition) is 8. The number of nitriles is 1. The van der Waals surface area contributed by atoms with E-state index in [4.69, 9.17) is 22.7 Å². The number of H-pyrrole nitrogens is 1. The number of aromatic nitrogens is 2. The second-order valence-electron chi connectivity index (χ2n) is 9.72. The quantitative estimate of drug-likeness (QED) is 0.418. The standard InChI is InChI=1S/C27H25N5O2S2/c1-27(2)12-20-23(21(33)13-27)22(19(14-28)24(29)32(20)25-30-31-26(35)36-25)17-8-10-18(11-9-17)34-15-16-6-4-3-5-7-16/h3-11,22H,12-13,15,29H2,1-2H3,(H,31,35). The summed E-state index contributed by atoms with van der Waals surface area (Å²) in [4.78, 5) is 15.3. The number of carbonyl (C=O) groups excluding carboxylic acids is 1. The number of nitrogens with one attached hydrogen (secondary N) is 1. The van der Waals surface area contributed by atoms with E-state index in [0.29, 0.717) is 45.4 Å². The van der Waals surface area contributed by atoms with Crippen LogP contribution < -0.4 is 15.4 Å². The van der Waals surface area contributed by atoms with Gasteiger partial charge in [-0.1, -0.05) is 67.6 Å². The van der Waals surface area contributed by atoms with Gasteiger partial charge in [0.05, 0.1) is 17.6 Å². The van der Waals surface area contributed by atoms with Crippen LogP contribution in [0.15, 0.2) is 77.3 Å². The van der Waals surface area contributed by atoms with Crippen molar-refractivity contribution in [3.63, 3.8) is 0 Å². The normalized spacial score (nSPS) is 19.2. The van der Waals surface area contributed by atoms with Gasteiger partial charge in [0, 0.05) is 17.7 Å². The number of anilines is 1. The number of nitrogens with two attached hydrogens (primary N) is 1. The van der Waals surface area contributed by atoms with Crippen LogP contribution in [-0.2, 0) is 11.4 Å². The van der Waals surface area contributed by atoms with Crippen LogP contribution in [0.3, 0.4) is 0 Å². The summed E-state index contributed by atoms with van der Waals surface area (Å²) in [7, 11) is 0. The minimum absolute atomic E-state index is 0.0139. The van der Waals surface area contributed by atoms with E-state index >= 15 is 0 Å². The van der Waals surface area contributed by atoms with E-state index in [1.165, 1.54) is 11.3 Å². The largest absolute Gasteiger partial charge is 0.489 e. The van der Waals surface area contributed by atoms with E-state index in [-0.39, 0.29) is 17.0 Å². The Hall–Kier alpha value is -3.74. The second kappa shape index (κ2) is 9.37. The number of Topliss-reactive ketones (excluding diaryl/α,β-unsaturated/α-hetero) is 1. The molecule has 9 heteroatoms. The topological polar surface area (TPSA) is 108 Å². The lowest BCUT2D eigenvalue weighted by atomic mass is 9.68. The Morgan fingerprint density at radius 3 is 2.58 bits per heavy atom. The Morgan fingerprint density at radius 2 is 1.94 bits per heavy atom. The Balaban J connectivity index is 1.55. The van der Waals surface area contributed by atoms with Gasteiger partial charge < -0.3 is 10.5 Å². The van der Waals surface area contributed by atoms with Crippen molar-refractivity contribution in [2.75, 3.05) is 4.90 Å². The van der Waals surface area contributed by atoms with Crippen LogP contribution >= 0.6 is 23.6 Å². The highest BCUT2D eigenvalue weighted by molar-refractivity contribution is 7.73. The minimum atomic E-state index is -0.556. The molecule has 1 atom stereocenters. The van der Waals surface area contributed by atoms with Gasteiger partial charge in [0.25, 0.3) is 0 Å². The molecule has 1 aromatic heterocycles. The summed E-state index contributed by atoms with van der Waals surface area (Å²) in [6, 6.07) is 19.8. The van der Waals surface area contributed by atoms with Gasteiger partial charge in [-0.2, -0.15) is 5.26 Å². The molecule has 1 aliphatic heterocycles. The Kier molecular flexibility index (Phi) is 6.24. The van der Waals surface area contributed by atoms with Crippen molar-refractivity contribution in [2.24, 2.45) is 11.1 Å². The van der Waals surface area contributed by atoms with E-state index < -0.39 is 5.92 Å². The molecule has 1 unspecified atom stereocenters. The fourth-order valence-electron chi connectivity index (χ4n) is 4.88. The molecule has 3 N–H and O–H groups in total. The molecule has 0 saturated heterocycles. The number of ketones is 1. The molecule has 7 nitrogen and oxygen atoms in total. The van der Waals surface area contributed by atoms with Crippen LogP contribution in [-0.4, -0.2) is 16.0 Å². The number of nitrogens with zero attached hydrogens (tertiary/aromatic N) is 3.